The van der Waals surface area contributed by atoms with Gasteiger partial charge in [0.05, 0.1) is 11.9 Å². The van der Waals surface area contributed by atoms with Crippen molar-refractivity contribution in [2.24, 2.45) is 5.92 Å². The van der Waals surface area contributed by atoms with E-state index >= 15 is 0 Å². The Morgan fingerprint density at radius 3 is 2.37 bits per heavy atom. The fourth-order valence-electron chi connectivity index (χ4n) is 2.77. The Labute approximate surface area is 169 Å². The molecule has 30 heavy (non-hydrogen) atoms. The number of amides is 4. The van der Waals surface area contributed by atoms with Crippen molar-refractivity contribution in [1.82, 2.24) is 30.9 Å². The zero-order valence-corrected chi connectivity index (χ0v) is 15.8. The van der Waals surface area contributed by atoms with Gasteiger partial charge < -0.3 is 10.6 Å². The van der Waals surface area contributed by atoms with Crippen LogP contribution in [0.25, 0.3) is 5.69 Å². The lowest BCUT2D eigenvalue weighted by Crippen LogP contribution is -2.43. The average Bonchev–Trinajstić information content (AvgIpc) is 3.16. The second-order valence-corrected chi connectivity index (χ2v) is 6.80. The molecule has 0 unspecified atom stereocenters. The summed E-state index contributed by atoms with van der Waals surface area (Å²) in [7, 11) is 0. The maximum absolute atomic E-state index is 13.3. The number of benzene rings is 1. The summed E-state index contributed by atoms with van der Waals surface area (Å²) in [4.78, 5) is 36.1. The Kier molecular flexibility index (Phi) is 6.65. The van der Waals surface area contributed by atoms with Crippen LogP contribution in [0, 0.1) is 23.4 Å². The summed E-state index contributed by atoms with van der Waals surface area (Å²) in [5.74, 6) is -5.09. The minimum atomic E-state index is -1.62. The van der Waals surface area contributed by atoms with E-state index in [9.17, 15) is 27.6 Å². The van der Waals surface area contributed by atoms with Crippen LogP contribution in [0.4, 0.5) is 18.0 Å². The molecule has 1 saturated carbocycles. The van der Waals surface area contributed by atoms with Crippen LogP contribution in [0.3, 0.4) is 0 Å². The quantitative estimate of drug-likeness (QED) is 0.459. The van der Waals surface area contributed by atoms with Crippen molar-refractivity contribution in [2.45, 2.75) is 25.7 Å². The molecule has 1 fully saturated rings. The SMILES string of the molecule is O=C(CC1CCC1)NC(=O)NCCNC(=O)c1cnn(-c2cc(F)c(F)c(F)c2)n1. The van der Waals surface area contributed by atoms with Crippen molar-refractivity contribution in [3.8, 4) is 5.69 Å². The molecular formula is C18H19F3N6O3. The molecule has 4 amide bonds. The van der Waals surface area contributed by atoms with Gasteiger partial charge in [-0.15, -0.1) is 5.10 Å². The van der Waals surface area contributed by atoms with Crippen molar-refractivity contribution in [3.63, 3.8) is 0 Å². The molecule has 0 aliphatic heterocycles. The van der Waals surface area contributed by atoms with E-state index in [1.54, 1.807) is 0 Å². The monoisotopic (exact) mass is 424 g/mol. The largest absolute Gasteiger partial charge is 0.349 e. The van der Waals surface area contributed by atoms with E-state index in [1.165, 1.54) is 0 Å². The number of urea groups is 1. The highest BCUT2D eigenvalue weighted by Crippen LogP contribution is 2.29. The first-order valence-electron chi connectivity index (χ1n) is 9.26. The molecule has 3 rings (SSSR count). The molecule has 0 saturated heterocycles. The summed E-state index contributed by atoms with van der Waals surface area (Å²) in [6, 6.07) is 0.726. The Balaban J connectivity index is 1.42. The van der Waals surface area contributed by atoms with Crippen molar-refractivity contribution < 1.29 is 27.6 Å². The van der Waals surface area contributed by atoms with Gasteiger partial charge in [-0.25, -0.2) is 18.0 Å². The van der Waals surface area contributed by atoms with Crippen LogP contribution < -0.4 is 16.0 Å². The van der Waals surface area contributed by atoms with E-state index in [-0.39, 0.29) is 30.4 Å². The molecule has 0 spiro atoms. The van der Waals surface area contributed by atoms with Gasteiger partial charge in [0.15, 0.2) is 23.1 Å². The van der Waals surface area contributed by atoms with Crippen LogP contribution in [-0.4, -0.2) is 45.9 Å². The molecule has 0 radical (unpaired) electrons. The second-order valence-electron chi connectivity index (χ2n) is 6.80. The first-order valence-corrected chi connectivity index (χ1v) is 9.26. The number of halogens is 3. The van der Waals surface area contributed by atoms with Crippen LogP contribution in [0.1, 0.15) is 36.2 Å². The number of rotatable bonds is 7. The molecule has 0 atom stereocenters. The number of hydrogen-bond acceptors (Lipinski definition) is 5. The number of nitrogens with zero attached hydrogens (tertiary/aromatic N) is 3. The molecular weight excluding hydrogens is 405 g/mol. The van der Waals surface area contributed by atoms with Gasteiger partial charge in [0.1, 0.15) is 0 Å². The molecule has 1 heterocycles. The average molecular weight is 424 g/mol. The normalized spacial score (nSPS) is 13.4. The maximum Gasteiger partial charge on any atom is 0.321 e. The Bertz CT molecular complexity index is 937. The van der Waals surface area contributed by atoms with E-state index in [1.807, 2.05) is 0 Å². The van der Waals surface area contributed by atoms with Gasteiger partial charge in [-0.1, -0.05) is 6.42 Å². The molecule has 0 bridgehead atoms. The van der Waals surface area contributed by atoms with Crippen LogP contribution >= 0.6 is 0 Å². The van der Waals surface area contributed by atoms with Gasteiger partial charge in [0, 0.05) is 31.6 Å². The molecule has 12 heteroatoms. The smallest absolute Gasteiger partial charge is 0.321 e. The number of carbonyl (C=O) groups is 3. The van der Waals surface area contributed by atoms with Gasteiger partial charge in [-0.05, 0) is 18.8 Å². The van der Waals surface area contributed by atoms with Gasteiger partial charge in [0.2, 0.25) is 5.91 Å². The fraction of sp³-hybridized carbons (Fsp3) is 0.389. The highest BCUT2D eigenvalue weighted by Gasteiger charge is 2.21. The molecule has 3 N–H and O–H groups in total. The molecule has 1 aliphatic carbocycles. The second kappa shape index (κ2) is 9.37. The van der Waals surface area contributed by atoms with E-state index in [2.05, 4.69) is 26.1 Å². The predicted molar refractivity (Wildman–Crippen MR) is 97.1 cm³/mol. The van der Waals surface area contributed by atoms with Gasteiger partial charge in [0.25, 0.3) is 5.91 Å². The van der Waals surface area contributed by atoms with Gasteiger partial charge in [-0.3, -0.25) is 14.9 Å². The van der Waals surface area contributed by atoms with E-state index < -0.39 is 29.4 Å². The van der Waals surface area contributed by atoms with Crippen LogP contribution in [-0.2, 0) is 4.79 Å². The molecule has 1 aromatic heterocycles. The number of carbonyl (C=O) groups excluding carboxylic acids is 3. The summed E-state index contributed by atoms with van der Waals surface area (Å²) in [6.45, 7) is 0.0898. The predicted octanol–water partition coefficient (Wildman–Crippen LogP) is 1.43. The lowest BCUT2D eigenvalue weighted by Gasteiger charge is -2.24. The number of nitrogens with one attached hydrogen (secondary N) is 3. The molecule has 1 aromatic carbocycles. The highest BCUT2D eigenvalue weighted by atomic mass is 19.2. The van der Waals surface area contributed by atoms with Crippen molar-refractivity contribution in [1.29, 1.82) is 0 Å². The summed E-state index contributed by atoms with van der Waals surface area (Å²) in [5.41, 5.74) is -0.351. The minimum Gasteiger partial charge on any atom is -0.349 e. The lowest BCUT2D eigenvalue weighted by molar-refractivity contribution is -0.121. The standard InChI is InChI=1S/C18H19F3N6O3/c19-12-7-11(8-13(20)16(12)21)27-24-9-14(26-27)17(29)22-4-5-23-18(30)25-15(28)6-10-2-1-3-10/h7-10H,1-6H2,(H,22,29)(H2,23,25,28,30). The summed E-state index contributed by atoms with van der Waals surface area (Å²) in [5, 5.41) is 14.6. The zero-order valence-electron chi connectivity index (χ0n) is 15.8. The Morgan fingerprint density at radius 2 is 1.73 bits per heavy atom. The minimum absolute atomic E-state index is 0.0374. The van der Waals surface area contributed by atoms with Crippen molar-refractivity contribution >= 4 is 17.8 Å². The van der Waals surface area contributed by atoms with E-state index in [0.29, 0.717) is 24.5 Å². The summed E-state index contributed by atoms with van der Waals surface area (Å²) < 4.78 is 39.6. The first-order chi connectivity index (χ1) is 14.3. The van der Waals surface area contributed by atoms with E-state index in [0.717, 1.165) is 30.3 Å². The third-order valence-corrected chi connectivity index (χ3v) is 4.57. The van der Waals surface area contributed by atoms with Crippen LogP contribution in [0.2, 0.25) is 0 Å². The van der Waals surface area contributed by atoms with Gasteiger partial charge in [-0.2, -0.15) is 9.90 Å². The molecule has 1 aliphatic rings. The number of aromatic nitrogens is 3. The van der Waals surface area contributed by atoms with Gasteiger partial charge >= 0.3 is 6.03 Å². The van der Waals surface area contributed by atoms with E-state index in [4.69, 9.17) is 0 Å². The van der Waals surface area contributed by atoms with Crippen LogP contribution in [0.5, 0.6) is 0 Å². The zero-order chi connectivity index (χ0) is 21.7. The summed E-state index contributed by atoms with van der Waals surface area (Å²) >= 11 is 0. The number of imide groups is 1. The highest BCUT2D eigenvalue weighted by molar-refractivity contribution is 5.94. The third-order valence-electron chi connectivity index (χ3n) is 4.57. The Morgan fingerprint density at radius 1 is 1.07 bits per heavy atom. The van der Waals surface area contributed by atoms with Crippen molar-refractivity contribution in [3.05, 3.63) is 41.5 Å². The fourth-order valence-corrected chi connectivity index (χ4v) is 2.77. The number of hydrogen-bond donors (Lipinski definition) is 3. The van der Waals surface area contributed by atoms with Crippen molar-refractivity contribution in [2.75, 3.05) is 13.1 Å². The molecule has 2 aromatic rings. The topological polar surface area (TPSA) is 118 Å². The molecule has 9 nitrogen and oxygen atoms in total. The third kappa shape index (κ3) is 5.33. The lowest BCUT2D eigenvalue weighted by atomic mass is 9.83. The summed E-state index contributed by atoms with van der Waals surface area (Å²) in [6.07, 6.45) is 4.48. The first kappa shape index (κ1) is 21.3. The Hall–Kier alpha value is -3.44. The molecule has 160 valence electrons. The maximum atomic E-state index is 13.3. The van der Waals surface area contributed by atoms with Crippen LogP contribution in [0.15, 0.2) is 18.3 Å².